The van der Waals surface area contributed by atoms with Crippen LogP contribution in [0.4, 0.5) is 0 Å². The number of carbonyl (C=O) groups is 1. The molecule has 1 N–H and O–H groups in total. The number of thioether (sulfide) groups is 1. The van der Waals surface area contributed by atoms with Crippen LogP contribution in [0.25, 0.3) is 27.6 Å². The van der Waals surface area contributed by atoms with Crippen LogP contribution in [0.2, 0.25) is 0 Å². The van der Waals surface area contributed by atoms with Gasteiger partial charge in [-0.15, -0.1) is 5.10 Å². The molecule has 1 atom stereocenters. The minimum atomic E-state index is -0.338. The van der Waals surface area contributed by atoms with E-state index < -0.39 is 0 Å². The minimum absolute atomic E-state index is 0.0696. The number of furan rings is 1. The van der Waals surface area contributed by atoms with Gasteiger partial charge in [-0.2, -0.15) is 4.52 Å². The van der Waals surface area contributed by atoms with Crippen LogP contribution in [0.1, 0.15) is 30.8 Å². The number of imidazole rings is 1. The van der Waals surface area contributed by atoms with Crippen molar-refractivity contribution in [3.05, 3.63) is 84.3 Å². The van der Waals surface area contributed by atoms with Crippen LogP contribution in [-0.4, -0.2) is 40.3 Å². The number of nitrogens with zero attached hydrogens (tertiary/aromatic N) is 6. The summed E-state index contributed by atoms with van der Waals surface area (Å²) in [7, 11) is 0. The van der Waals surface area contributed by atoms with Crippen LogP contribution in [0, 0.1) is 6.92 Å². The van der Waals surface area contributed by atoms with Gasteiger partial charge < -0.3 is 14.3 Å². The highest BCUT2D eigenvalue weighted by atomic mass is 32.2. The van der Waals surface area contributed by atoms with Crippen LogP contribution < -0.4 is 5.32 Å². The molecular formula is C28H27N7O2S. The summed E-state index contributed by atoms with van der Waals surface area (Å²) in [6.07, 6.45) is 2.88. The number of amides is 1. The number of rotatable bonds is 9. The maximum atomic E-state index is 13.0. The molecule has 6 aromatic rings. The van der Waals surface area contributed by atoms with Gasteiger partial charge >= 0.3 is 0 Å². The van der Waals surface area contributed by atoms with Gasteiger partial charge in [-0.05, 0) is 49.7 Å². The van der Waals surface area contributed by atoms with E-state index >= 15 is 0 Å². The smallest absolute Gasteiger partial charge is 0.233 e. The molecule has 4 heterocycles. The monoisotopic (exact) mass is 525 g/mol. The predicted molar refractivity (Wildman–Crippen MR) is 147 cm³/mol. The Morgan fingerprint density at radius 2 is 1.84 bits per heavy atom. The minimum Gasteiger partial charge on any atom is -0.467 e. The first-order valence-electron chi connectivity index (χ1n) is 12.6. The summed E-state index contributed by atoms with van der Waals surface area (Å²) in [5.41, 5.74) is 3.65. The molecule has 0 radical (unpaired) electrons. The summed E-state index contributed by atoms with van der Waals surface area (Å²) in [6.45, 7) is 5.07. The highest BCUT2D eigenvalue weighted by molar-refractivity contribution is 8.00. The Balaban J connectivity index is 1.30. The fourth-order valence-corrected chi connectivity index (χ4v) is 5.59. The fraction of sp³-hybridized carbons (Fsp3) is 0.250. The predicted octanol–water partition coefficient (Wildman–Crippen LogP) is 4.96. The second kappa shape index (κ2) is 10.3. The second-order valence-electron chi connectivity index (χ2n) is 9.04. The van der Waals surface area contributed by atoms with Gasteiger partial charge in [0, 0.05) is 18.4 Å². The fourth-order valence-electron chi connectivity index (χ4n) is 4.60. The number of carbonyl (C=O) groups excluding carboxylic acids is 1. The molecule has 0 aliphatic heterocycles. The molecule has 1 amide bonds. The Morgan fingerprint density at radius 3 is 2.66 bits per heavy atom. The van der Waals surface area contributed by atoms with Gasteiger partial charge in [0.2, 0.25) is 5.91 Å². The average molecular weight is 526 g/mol. The maximum absolute atomic E-state index is 13.0. The van der Waals surface area contributed by atoms with Gasteiger partial charge in [0.1, 0.15) is 11.6 Å². The van der Waals surface area contributed by atoms with Crippen LogP contribution in [0.15, 0.2) is 76.5 Å². The van der Waals surface area contributed by atoms with E-state index in [2.05, 4.69) is 20.9 Å². The summed E-state index contributed by atoms with van der Waals surface area (Å²) in [5, 5.41) is 9.04. The van der Waals surface area contributed by atoms with Crippen molar-refractivity contribution in [2.45, 2.75) is 50.2 Å². The Morgan fingerprint density at radius 1 is 1.03 bits per heavy atom. The lowest BCUT2D eigenvalue weighted by Crippen LogP contribution is -2.32. The van der Waals surface area contributed by atoms with Crippen molar-refractivity contribution in [3.63, 3.8) is 0 Å². The molecule has 9 nitrogen and oxygen atoms in total. The van der Waals surface area contributed by atoms with Crippen molar-refractivity contribution < 1.29 is 9.21 Å². The third kappa shape index (κ3) is 4.63. The second-order valence-corrected chi connectivity index (χ2v) is 10.2. The summed E-state index contributed by atoms with van der Waals surface area (Å²) in [6, 6.07) is 19.7. The van der Waals surface area contributed by atoms with Gasteiger partial charge in [-0.25, -0.2) is 15.0 Å². The first-order valence-corrected chi connectivity index (χ1v) is 13.5. The standard InChI is InChI=1S/C28H27N7O2S/c1-3-24(27(36)29-17-19-9-8-16-37-19)38-28-31-21-11-5-4-10-20(21)26-32-25(33-35(26)28)14-15-34-18(2)30-22-12-6-7-13-23(22)34/h4-13,16,24H,3,14-15,17H2,1-2H3,(H,29,36)/t24-/m1/s1. The number of aromatic nitrogens is 6. The number of nitrogens with one attached hydrogen (secondary N) is 1. The lowest BCUT2D eigenvalue weighted by molar-refractivity contribution is -0.120. The normalized spacial score (nSPS) is 12.5. The summed E-state index contributed by atoms with van der Waals surface area (Å²) < 4.78 is 9.32. The van der Waals surface area contributed by atoms with E-state index in [1.165, 1.54) is 11.8 Å². The Hall–Kier alpha value is -4.18. The molecule has 4 aromatic heterocycles. The van der Waals surface area contributed by atoms with Gasteiger partial charge in [-0.1, -0.05) is 43.0 Å². The number of fused-ring (bicyclic) bond motifs is 4. The topological polar surface area (TPSA) is 103 Å². The molecule has 2 aromatic carbocycles. The maximum Gasteiger partial charge on any atom is 0.233 e. The number of hydrogen-bond donors (Lipinski definition) is 1. The number of para-hydroxylation sites is 3. The summed E-state index contributed by atoms with van der Waals surface area (Å²) in [5.74, 6) is 2.33. The number of benzene rings is 2. The lowest BCUT2D eigenvalue weighted by Gasteiger charge is -2.14. The Kier molecular flexibility index (Phi) is 6.55. The van der Waals surface area contributed by atoms with Gasteiger partial charge in [-0.3, -0.25) is 4.79 Å². The van der Waals surface area contributed by atoms with E-state index in [1.807, 2.05) is 68.4 Å². The van der Waals surface area contributed by atoms with E-state index in [1.54, 1.807) is 10.8 Å². The van der Waals surface area contributed by atoms with Crippen molar-refractivity contribution in [3.8, 4) is 0 Å². The Labute approximate surface area is 223 Å². The first kappa shape index (κ1) is 24.2. The van der Waals surface area contributed by atoms with Crippen LogP contribution >= 0.6 is 11.8 Å². The lowest BCUT2D eigenvalue weighted by atomic mass is 10.2. The molecule has 38 heavy (non-hydrogen) atoms. The van der Waals surface area contributed by atoms with Crippen LogP contribution in [-0.2, 0) is 24.3 Å². The number of hydrogen-bond acceptors (Lipinski definition) is 7. The highest BCUT2D eigenvalue weighted by Crippen LogP contribution is 2.28. The van der Waals surface area contributed by atoms with Gasteiger partial charge in [0.05, 0.1) is 34.6 Å². The zero-order chi connectivity index (χ0) is 26.1. The van der Waals surface area contributed by atoms with E-state index in [4.69, 9.17) is 19.5 Å². The molecular weight excluding hydrogens is 498 g/mol. The molecule has 0 aliphatic rings. The molecule has 0 unspecified atom stereocenters. The molecule has 0 saturated carbocycles. The molecule has 0 saturated heterocycles. The largest absolute Gasteiger partial charge is 0.467 e. The first-order chi connectivity index (χ1) is 18.6. The molecule has 0 bridgehead atoms. The SMILES string of the molecule is CC[C@@H](Sc1nc2ccccc2c2nc(CCn3c(C)nc4ccccc43)nn12)C(=O)NCc1ccco1. The summed E-state index contributed by atoms with van der Waals surface area (Å²) >= 11 is 1.40. The zero-order valence-electron chi connectivity index (χ0n) is 21.2. The third-order valence-electron chi connectivity index (χ3n) is 6.53. The van der Waals surface area contributed by atoms with Crippen molar-refractivity contribution in [1.82, 2.24) is 34.4 Å². The van der Waals surface area contributed by atoms with Crippen molar-refractivity contribution >= 4 is 45.3 Å². The molecule has 192 valence electrons. The van der Waals surface area contributed by atoms with E-state index in [9.17, 15) is 4.79 Å². The quantitative estimate of drug-likeness (QED) is 0.210. The van der Waals surface area contributed by atoms with Crippen molar-refractivity contribution in [2.24, 2.45) is 0 Å². The molecule has 6 rings (SSSR count). The Bertz CT molecular complexity index is 1740. The average Bonchev–Trinajstić information content (AvgIpc) is 3.68. The number of aryl methyl sites for hydroxylation is 3. The van der Waals surface area contributed by atoms with Crippen molar-refractivity contribution in [2.75, 3.05) is 0 Å². The summed E-state index contributed by atoms with van der Waals surface area (Å²) in [4.78, 5) is 27.5. The third-order valence-corrected chi connectivity index (χ3v) is 7.83. The van der Waals surface area contributed by atoms with E-state index in [-0.39, 0.29) is 11.2 Å². The van der Waals surface area contributed by atoms with Gasteiger partial charge in [0.25, 0.3) is 0 Å². The van der Waals surface area contributed by atoms with Crippen LogP contribution in [0.3, 0.4) is 0 Å². The molecule has 0 aliphatic carbocycles. The van der Waals surface area contributed by atoms with Crippen molar-refractivity contribution in [1.29, 1.82) is 0 Å². The van der Waals surface area contributed by atoms with Crippen LogP contribution in [0.5, 0.6) is 0 Å². The molecule has 0 fully saturated rings. The van der Waals surface area contributed by atoms with Gasteiger partial charge in [0.15, 0.2) is 16.6 Å². The van der Waals surface area contributed by atoms with E-state index in [0.29, 0.717) is 36.8 Å². The highest BCUT2D eigenvalue weighted by Gasteiger charge is 2.22. The molecule has 10 heteroatoms. The van der Waals surface area contributed by atoms with E-state index in [0.717, 1.165) is 39.2 Å². The molecule has 0 spiro atoms. The zero-order valence-corrected chi connectivity index (χ0v) is 22.0.